The van der Waals surface area contributed by atoms with Crippen molar-refractivity contribution < 1.29 is 18.3 Å². The number of hydrogen-bond acceptors (Lipinski definition) is 2. The van der Waals surface area contributed by atoms with Gasteiger partial charge in [-0.1, -0.05) is 25.1 Å². The molecule has 0 heterocycles. The van der Waals surface area contributed by atoms with Crippen LogP contribution in [0.1, 0.15) is 29.3 Å². The van der Waals surface area contributed by atoms with Gasteiger partial charge in [0.15, 0.2) is 17.4 Å². The molecule has 0 atom stereocenters. The summed E-state index contributed by atoms with van der Waals surface area (Å²) < 4.78 is 31.6. The molecular formula is C17H16F2O2. The highest BCUT2D eigenvalue weighted by molar-refractivity contribution is 5.99. The maximum absolute atomic E-state index is 13.2. The predicted molar refractivity (Wildman–Crippen MR) is 76.6 cm³/mol. The van der Waals surface area contributed by atoms with Crippen molar-refractivity contribution in [3.63, 3.8) is 0 Å². The first-order chi connectivity index (χ1) is 10.1. The number of benzene rings is 2. The minimum atomic E-state index is -0.948. The Hall–Kier alpha value is -2.23. The SMILES string of the molecule is CCCOc1ccccc1C(=O)Cc1ccc(F)c(F)c1. The lowest BCUT2D eigenvalue weighted by molar-refractivity contribution is 0.0989. The van der Waals surface area contributed by atoms with Gasteiger partial charge >= 0.3 is 0 Å². The summed E-state index contributed by atoms with van der Waals surface area (Å²) >= 11 is 0. The zero-order chi connectivity index (χ0) is 15.2. The molecule has 0 spiro atoms. The second-order valence-electron chi connectivity index (χ2n) is 4.69. The number of para-hydroxylation sites is 1. The van der Waals surface area contributed by atoms with Crippen molar-refractivity contribution in [1.29, 1.82) is 0 Å². The Balaban J connectivity index is 2.18. The van der Waals surface area contributed by atoms with Crippen LogP contribution in [0.25, 0.3) is 0 Å². The molecule has 0 unspecified atom stereocenters. The van der Waals surface area contributed by atoms with Crippen LogP contribution in [-0.4, -0.2) is 12.4 Å². The minimum Gasteiger partial charge on any atom is -0.493 e. The molecule has 2 rings (SSSR count). The number of Topliss-reactive ketones (excluding diaryl/α,β-unsaturated/α-hetero) is 1. The van der Waals surface area contributed by atoms with Crippen molar-refractivity contribution in [2.24, 2.45) is 0 Å². The number of hydrogen-bond donors (Lipinski definition) is 0. The lowest BCUT2D eigenvalue weighted by Crippen LogP contribution is -2.08. The molecule has 0 aromatic heterocycles. The first-order valence-electron chi connectivity index (χ1n) is 6.80. The fourth-order valence-electron chi connectivity index (χ4n) is 1.97. The molecule has 2 aromatic rings. The van der Waals surface area contributed by atoms with Gasteiger partial charge in [0.1, 0.15) is 5.75 Å². The van der Waals surface area contributed by atoms with Crippen LogP contribution in [0, 0.1) is 11.6 Å². The first kappa shape index (κ1) is 15.2. The quantitative estimate of drug-likeness (QED) is 0.746. The van der Waals surface area contributed by atoms with Crippen molar-refractivity contribution in [2.45, 2.75) is 19.8 Å². The molecule has 0 N–H and O–H groups in total. The van der Waals surface area contributed by atoms with Crippen molar-refractivity contribution in [2.75, 3.05) is 6.61 Å². The number of ether oxygens (including phenoxy) is 1. The summed E-state index contributed by atoms with van der Waals surface area (Å²) in [6.45, 7) is 2.50. The second-order valence-corrected chi connectivity index (χ2v) is 4.69. The summed E-state index contributed by atoms with van der Waals surface area (Å²) in [5, 5.41) is 0. The van der Waals surface area contributed by atoms with E-state index in [4.69, 9.17) is 4.74 Å². The Labute approximate surface area is 122 Å². The van der Waals surface area contributed by atoms with Crippen LogP contribution in [0.4, 0.5) is 8.78 Å². The third-order valence-corrected chi connectivity index (χ3v) is 3.00. The molecular weight excluding hydrogens is 274 g/mol. The van der Waals surface area contributed by atoms with E-state index in [0.717, 1.165) is 18.6 Å². The number of ketones is 1. The Kier molecular flexibility index (Phi) is 5.04. The van der Waals surface area contributed by atoms with Crippen LogP contribution in [-0.2, 0) is 6.42 Å². The van der Waals surface area contributed by atoms with Crippen LogP contribution in [0.2, 0.25) is 0 Å². The number of rotatable bonds is 6. The van der Waals surface area contributed by atoms with Gasteiger partial charge in [-0.2, -0.15) is 0 Å². The fourth-order valence-corrected chi connectivity index (χ4v) is 1.97. The molecule has 0 fully saturated rings. The molecule has 0 saturated carbocycles. The average molecular weight is 290 g/mol. The van der Waals surface area contributed by atoms with Crippen molar-refractivity contribution in [3.8, 4) is 5.75 Å². The summed E-state index contributed by atoms with van der Waals surface area (Å²) in [7, 11) is 0. The Morgan fingerprint density at radius 3 is 2.57 bits per heavy atom. The second kappa shape index (κ2) is 6.97. The van der Waals surface area contributed by atoms with E-state index in [9.17, 15) is 13.6 Å². The van der Waals surface area contributed by atoms with Gasteiger partial charge in [0.25, 0.3) is 0 Å². The molecule has 0 amide bonds. The standard InChI is InChI=1S/C17H16F2O2/c1-2-9-21-17-6-4-3-5-13(17)16(20)11-12-7-8-14(18)15(19)10-12/h3-8,10H,2,9,11H2,1H3. The van der Waals surface area contributed by atoms with E-state index in [2.05, 4.69) is 0 Å². The van der Waals surface area contributed by atoms with Gasteiger partial charge in [0, 0.05) is 6.42 Å². The summed E-state index contributed by atoms with van der Waals surface area (Å²) in [5.74, 6) is -1.53. The molecule has 0 bridgehead atoms. The van der Waals surface area contributed by atoms with E-state index in [1.165, 1.54) is 6.07 Å². The van der Waals surface area contributed by atoms with Crippen LogP contribution >= 0.6 is 0 Å². The maximum atomic E-state index is 13.2. The molecule has 0 radical (unpaired) electrons. The first-order valence-corrected chi connectivity index (χ1v) is 6.80. The van der Waals surface area contributed by atoms with Crippen molar-refractivity contribution in [1.82, 2.24) is 0 Å². The van der Waals surface area contributed by atoms with Crippen LogP contribution in [0.5, 0.6) is 5.75 Å². The van der Waals surface area contributed by atoms with Crippen LogP contribution < -0.4 is 4.74 Å². The van der Waals surface area contributed by atoms with Gasteiger partial charge in [-0.15, -0.1) is 0 Å². The Morgan fingerprint density at radius 1 is 1.10 bits per heavy atom. The lowest BCUT2D eigenvalue weighted by Gasteiger charge is -2.10. The summed E-state index contributed by atoms with van der Waals surface area (Å²) in [5.41, 5.74) is 0.889. The monoisotopic (exact) mass is 290 g/mol. The molecule has 0 aliphatic rings. The van der Waals surface area contributed by atoms with Crippen molar-refractivity contribution in [3.05, 3.63) is 65.2 Å². The zero-order valence-electron chi connectivity index (χ0n) is 11.7. The predicted octanol–water partition coefficient (Wildman–Crippen LogP) is 4.18. The highest BCUT2D eigenvalue weighted by Crippen LogP contribution is 2.21. The van der Waals surface area contributed by atoms with E-state index >= 15 is 0 Å². The summed E-state index contributed by atoms with van der Waals surface area (Å²) in [6, 6.07) is 10.4. The fraction of sp³-hybridized carbons (Fsp3) is 0.235. The van der Waals surface area contributed by atoms with Gasteiger partial charge < -0.3 is 4.74 Å². The van der Waals surface area contributed by atoms with Crippen molar-refractivity contribution >= 4 is 5.78 Å². The van der Waals surface area contributed by atoms with Gasteiger partial charge in [-0.25, -0.2) is 8.78 Å². The molecule has 4 heteroatoms. The topological polar surface area (TPSA) is 26.3 Å². The maximum Gasteiger partial charge on any atom is 0.170 e. The Morgan fingerprint density at radius 2 is 1.86 bits per heavy atom. The number of carbonyl (C=O) groups is 1. The summed E-state index contributed by atoms with van der Waals surface area (Å²) in [4.78, 5) is 12.3. The molecule has 2 aromatic carbocycles. The largest absolute Gasteiger partial charge is 0.493 e. The van der Waals surface area contributed by atoms with E-state index in [1.54, 1.807) is 24.3 Å². The number of halogens is 2. The highest BCUT2D eigenvalue weighted by Gasteiger charge is 2.13. The van der Waals surface area contributed by atoms with Crippen LogP contribution in [0.15, 0.2) is 42.5 Å². The zero-order valence-corrected chi connectivity index (χ0v) is 11.7. The average Bonchev–Trinajstić information content (AvgIpc) is 2.49. The highest BCUT2D eigenvalue weighted by atomic mass is 19.2. The summed E-state index contributed by atoms with van der Waals surface area (Å²) in [6.07, 6.45) is 0.843. The molecule has 110 valence electrons. The number of carbonyl (C=O) groups excluding carboxylic acids is 1. The van der Waals surface area contributed by atoms with Crippen LogP contribution in [0.3, 0.4) is 0 Å². The molecule has 21 heavy (non-hydrogen) atoms. The molecule has 0 aliphatic heterocycles. The van der Waals surface area contributed by atoms with E-state index in [1.807, 2.05) is 6.92 Å². The molecule has 0 saturated heterocycles. The lowest BCUT2D eigenvalue weighted by atomic mass is 10.0. The molecule has 0 aliphatic carbocycles. The smallest absolute Gasteiger partial charge is 0.170 e. The van der Waals surface area contributed by atoms with Gasteiger partial charge in [-0.3, -0.25) is 4.79 Å². The van der Waals surface area contributed by atoms with E-state index in [0.29, 0.717) is 23.5 Å². The van der Waals surface area contributed by atoms with E-state index in [-0.39, 0.29) is 12.2 Å². The van der Waals surface area contributed by atoms with E-state index < -0.39 is 11.6 Å². The minimum absolute atomic E-state index is 0.00367. The normalized spacial score (nSPS) is 10.4. The van der Waals surface area contributed by atoms with Gasteiger partial charge in [0.05, 0.1) is 12.2 Å². The molecule has 2 nitrogen and oxygen atoms in total. The van der Waals surface area contributed by atoms with Gasteiger partial charge in [-0.05, 0) is 36.2 Å². The third kappa shape index (κ3) is 3.88. The van der Waals surface area contributed by atoms with Gasteiger partial charge in [0.2, 0.25) is 0 Å². The third-order valence-electron chi connectivity index (χ3n) is 3.00. The Bertz CT molecular complexity index is 638.